The first-order valence-electron chi connectivity index (χ1n) is 9.24. The van der Waals surface area contributed by atoms with E-state index in [0.717, 1.165) is 11.1 Å². The number of fused-ring (bicyclic) bond motifs is 1. The van der Waals surface area contributed by atoms with E-state index in [-0.39, 0.29) is 11.8 Å². The number of hydrogen-bond acceptors (Lipinski definition) is 5. The van der Waals surface area contributed by atoms with Crippen molar-refractivity contribution in [1.29, 1.82) is 0 Å². The van der Waals surface area contributed by atoms with Crippen molar-refractivity contribution in [3.63, 3.8) is 0 Å². The van der Waals surface area contributed by atoms with E-state index in [1.54, 1.807) is 31.2 Å². The number of hydrogen-bond donors (Lipinski definition) is 1. The fraction of sp³-hybridized carbons (Fsp3) is 0.318. The average Bonchev–Trinajstić information content (AvgIpc) is 3.16. The normalized spacial score (nSPS) is 29.1. The maximum atomic E-state index is 13.4. The number of carbonyl (C=O) groups is 3. The average molecular weight is 378 g/mol. The molecule has 0 bridgehead atoms. The molecule has 2 saturated heterocycles. The molecule has 2 amide bonds. The number of ether oxygens (including phenoxy) is 1. The summed E-state index contributed by atoms with van der Waals surface area (Å²) in [6.07, 6.45) is 0. The molecule has 0 aromatic heterocycles. The Balaban J connectivity index is 1.84. The van der Waals surface area contributed by atoms with Crippen LogP contribution in [-0.2, 0) is 19.1 Å². The van der Waals surface area contributed by atoms with Gasteiger partial charge in [0.25, 0.3) is 0 Å². The number of nitrogens with zero attached hydrogens (tertiary/aromatic N) is 1. The van der Waals surface area contributed by atoms with E-state index in [4.69, 9.17) is 4.74 Å². The third kappa shape index (κ3) is 2.56. The zero-order valence-electron chi connectivity index (χ0n) is 16.0. The molecule has 6 heteroatoms. The van der Waals surface area contributed by atoms with Gasteiger partial charge in [-0.3, -0.25) is 19.7 Å². The molecule has 6 nitrogen and oxygen atoms in total. The van der Waals surface area contributed by atoms with E-state index in [2.05, 4.69) is 5.32 Å². The van der Waals surface area contributed by atoms with E-state index < -0.39 is 29.4 Å². The fourth-order valence-electron chi connectivity index (χ4n) is 4.52. The second kappa shape index (κ2) is 6.56. The summed E-state index contributed by atoms with van der Waals surface area (Å²) in [5, 5.41) is 3.25. The summed E-state index contributed by atoms with van der Waals surface area (Å²) in [5.74, 6) is -2.74. The SMILES string of the molecule is COC(=O)[C@@]1(C)N[C@@H](c2cccc(C)c2)[C@@H]2C(=O)N(c3ccccc3)C(=O)[C@H]21. The molecule has 2 fully saturated rings. The standard InChI is InChI=1S/C22H22N2O4/c1-13-8-7-9-14(12-13)18-16-17(22(2,23-18)21(27)28-3)20(26)24(19(16)25)15-10-5-4-6-11-15/h4-12,16-18,23H,1-3H3/t16-,17+,18+,22+/m1/s1. The Hall–Kier alpha value is -2.99. The predicted molar refractivity (Wildman–Crippen MR) is 103 cm³/mol. The third-order valence-electron chi connectivity index (χ3n) is 5.81. The summed E-state index contributed by atoms with van der Waals surface area (Å²) < 4.78 is 4.99. The lowest BCUT2D eigenvalue weighted by molar-refractivity contribution is -0.151. The first-order chi connectivity index (χ1) is 13.4. The Kier molecular flexibility index (Phi) is 4.31. The molecule has 28 heavy (non-hydrogen) atoms. The van der Waals surface area contributed by atoms with Crippen LogP contribution in [0.3, 0.4) is 0 Å². The lowest BCUT2D eigenvalue weighted by Gasteiger charge is -2.28. The topological polar surface area (TPSA) is 75.7 Å². The molecule has 0 unspecified atom stereocenters. The Bertz CT molecular complexity index is 958. The van der Waals surface area contributed by atoms with Crippen molar-refractivity contribution in [3.05, 3.63) is 65.7 Å². The molecule has 2 aliphatic rings. The molecule has 0 aliphatic carbocycles. The van der Waals surface area contributed by atoms with Gasteiger partial charge in [-0.2, -0.15) is 0 Å². The second-order valence-electron chi connectivity index (χ2n) is 7.58. The summed E-state index contributed by atoms with van der Waals surface area (Å²) in [5.41, 5.74) is 1.14. The maximum absolute atomic E-state index is 13.4. The summed E-state index contributed by atoms with van der Waals surface area (Å²) in [6.45, 7) is 3.61. The van der Waals surface area contributed by atoms with Crippen LogP contribution in [0.5, 0.6) is 0 Å². The van der Waals surface area contributed by atoms with Gasteiger partial charge in [0.1, 0.15) is 5.54 Å². The van der Waals surface area contributed by atoms with Gasteiger partial charge in [0.15, 0.2) is 0 Å². The van der Waals surface area contributed by atoms with Crippen molar-refractivity contribution >= 4 is 23.5 Å². The first-order valence-corrected chi connectivity index (χ1v) is 9.24. The van der Waals surface area contributed by atoms with Gasteiger partial charge in [-0.25, -0.2) is 4.90 Å². The van der Waals surface area contributed by atoms with E-state index in [1.807, 2.05) is 37.3 Å². The number of amides is 2. The van der Waals surface area contributed by atoms with Crippen molar-refractivity contribution in [2.75, 3.05) is 12.0 Å². The summed E-state index contributed by atoms with van der Waals surface area (Å²) in [7, 11) is 1.29. The molecule has 1 N–H and O–H groups in total. The number of benzene rings is 2. The van der Waals surface area contributed by atoms with Gasteiger partial charge >= 0.3 is 5.97 Å². The third-order valence-corrected chi connectivity index (χ3v) is 5.81. The van der Waals surface area contributed by atoms with Crippen molar-refractivity contribution in [1.82, 2.24) is 5.32 Å². The number of imide groups is 1. The highest BCUT2D eigenvalue weighted by Crippen LogP contribution is 2.49. The molecule has 2 aromatic carbocycles. The quantitative estimate of drug-likeness (QED) is 0.656. The van der Waals surface area contributed by atoms with Gasteiger partial charge in [0.05, 0.1) is 24.6 Å². The molecule has 0 spiro atoms. The number of carbonyl (C=O) groups excluding carboxylic acids is 3. The Labute approximate surface area is 163 Å². The van der Waals surface area contributed by atoms with Crippen LogP contribution in [0, 0.1) is 18.8 Å². The fourth-order valence-corrected chi connectivity index (χ4v) is 4.52. The lowest BCUT2D eigenvalue weighted by atomic mass is 9.80. The lowest BCUT2D eigenvalue weighted by Crippen LogP contribution is -2.54. The molecule has 2 aliphatic heterocycles. The van der Waals surface area contributed by atoms with Crippen LogP contribution < -0.4 is 10.2 Å². The number of methoxy groups -OCH3 is 1. The minimum Gasteiger partial charge on any atom is -0.468 e. The van der Waals surface area contributed by atoms with Crippen LogP contribution in [0.2, 0.25) is 0 Å². The van der Waals surface area contributed by atoms with Crippen molar-refractivity contribution in [3.8, 4) is 0 Å². The highest BCUT2D eigenvalue weighted by Gasteiger charge is 2.67. The second-order valence-corrected chi connectivity index (χ2v) is 7.58. The van der Waals surface area contributed by atoms with Gasteiger partial charge < -0.3 is 4.74 Å². The minimum atomic E-state index is -1.29. The molecule has 0 saturated carbocycles. The van der Waals surface area contributed by atoms with Crippen molar-refractivity contribution in [2.24, 2.45) is 11.8 Å². The van der Waals surface area contributed by atoms with E-state index in [1.165, 1.54) is 12.0 Å². The summed E-state index contributed by atoms with van der Waals surface area (Å²) >= 11 is 0. The van der Waals surface area contributed by atoms with Gasteiger partial charge in [0.2, 0.25) is 11.8 Å². The Morgan fingerprint density at radius 3 is 2.43 bits per heavy atom. The molecule has 0 radical (unpaired) electrons. The van der Waals surface area contributed by atoms with Crippen LogP contribution >= 0.6 is 0 Å². The smallest absolute Gasteiger partial charge is 0.326 e. The van der Waals surface area contributed by atoms with Gasteiger partial charge in [-0.05, 0) is 31.5 Å². The zero-order chi connectivity index (χ0) is 20.1. The number of para-hydroxylation sites is 1. The van der Waals surface area contributed by atoms with Crippen LogP contribution in [-0.4, -0.2) is 30.4 Å². The first kappa shape index (κ1) is 18.4. The summed E-state index contributed by atoms with van der Waals surface area (Å²) in [4.78, 5) is 40.6. The molecule has 144 valence electrons. The van der Waals surface area contributed by atoms with Crippen LogP contribution in [0.4, 0.5) is 5.69 Å². The number of nitrogens with one attached hydrogen (secondary N) is 1. The highest BCUT2D eigenvalue weighted by molar-refractivity contribution is 6.24. The zero-order valence-corrected chi connectivity index (χ0v) is 16.0. The van der Waals surface area contributed by atoms with E-state index in [9.17, 15) is 14.4 Å². The van der Waals surface area contributed by atoms with Crippen LogP contribution in [0.1, 0.15) is 24.1 Å². The number of aryl methyl sites for hydroxylation is 1. The molecule has 2 aromatic rings. The molecular formula is C22H22N2O4. The Morgan fingerprint density at radius 2 is 1.79 bits per heavy atom. The largest absolute Gasteiger partial charge is 0.468 e. The van der Waals surface area contributed by atoms with Crippen molar-refractivity contribution < 1.29 is 19.1 Å². The molecule has 2 heterocycles. The van der Waals surface area contributed by atoms with E-state index >= 15 is 0 Å². The summed E-state index contributed by atoms with van der Waals surface area (Å²) in [6, 6.07) is 16.1. The monoisotopic (exact) mass is 378 g/mol. The molecule has 4 atom stereocenters. The maximum Gasteiger partial charge on any atom is 0.326 e. The Morgan fingerprint density at radius 1 is 1.07 bits per heavy atom. The van der Waals surface area contributed by atoms with E-state index in [0.29, 0.717) is 5.69 Å². The van der Waals surface area contributed by atoms with Crippen molar-refractivity contribution in [2.45, 2.75) is 25.4 Å². The van der Waals surface area contributed by atoms with Gasteiger partial charge in [0, 0.05) is 6.04 Å². The number of anilines is 1. The number of rotatable bonds is 3. The predicted octanol–water partition coefficient (Wildman–Crippen LogP) is 2.38. The molecular weight excluding hydrogens is 356 g/mol. The van der Waals surface area contributed by atoms with Crippen LogP contribution in [0.15, 0.2) is 54.6 Å². The van der Waals surface area contributed by atoms with Gasteiger partial charge in [-0.1, -0.05) is 48.0 Å². The highest BCUT2D eigenvalue weighted by atomic mass is 16.5. The molecule has 4 rings (SSSR count). The minimum absolute atomic E-state index is 0.298. The number of esters is 1. The van der Waals surface area contributed by atoms with Crippen LogP contribution in [0.25, 0.3) is 0 Å². The van der Waals surface area contributed by atoms with Gasteiger partial charge in [-0.15, -0.1) is 0 Å².